The van der Waals surface area contributed by atoms with Crippen LogP contribution in [-0.4, -0.2) is 22.6 Å². The quantitative estimate of drug-likeness (QED) is 0.780. The molecular weight excluding hydrogens is 244 g/mol. The number of urea groups is 1. The maximum Gasteiger partial charge on any atom is 0.335 e. The highest BCUT2D eigenvalue weighted by atomic mass is 16.4. The van der Waals surface area contributed by atoms with Crippen LogP contribution >= 0.6 is 0 Å². The molecule has 0 heterocycles. The molecule has 1 aromatic rings. The minimum absolute atomic E-state index is 0.198. The van der Waals surface area contributed by atoms with Crippen LogP contribution in [0.15, 0.2) is 24.3 Å². The zero-order valence-electron chi connectivity index (χ0n) is 11.1. The van der Waals surface area contributed by atoms with Gasteiger partial charge in [-0.15, -0.1) is 0 Å². The van der Waals surface area contributed by atoms with Gasteiger partial charge in [-0.3, -0.25) is 0 Å². The fourth-order valence-corrected chi connectivity index (χ4v) is 2.06. The third kappa shape index (κ3) is 3.47. The molecule has 1 aliphatic carbocycles. The van der Waals surface area contributed by atoms with Crippen LogP contribution in [0.4, 0.5) is 10.5 Å². The molecule has 0 aromatic heterocycles. The first-order valence-corrected chi connectivity index (χ1v) is 6.31. The molecule has 0 radical (unpaired) electrons. The van der Waals surface area contributed by atoms with Crippen molar-refractivity contribution in [1.82, 2.24) is 5.32 Å². The summed E-state index contributed by atoms with van der Waals surface area (Å²) in [6.07, 6.45) is 2.31. The number of hydrogen-bond acceptors (Lipinski definition) is 2. The third-order valence-electron chi connectivity index (χ3n) is 3.42. The first kappa shape index (κ1) is 13.4. The average molecular weight is 262 g/mol. The number of benzene rings is 1. The lowest BCUT2D eigenvalue weighted by Gasteiger charge is -2.26. The second-order valence-electron chi connectivity index (χ2n) is 5.46. The van der Waals surface area contributed by atoms with E-state index in [9.17, 15) is 9.59 Å². The van der Waals surface area contributed by atoms with E-state index < -0.39 is 5.97 Å². The Kier molecular flexibility index (Phi) is 3.46. The average Bonchev–Trinajstić information content (AvgIpc) is 3.12. The van der Waals surface area contributed by atoms with E-state index in [1.54, 1.807) is 12.1 Å². The molecule has 5 nitrogen and oxygen atoms in total. The molecule has 2 rings (SSSR count). The molecule has 0 atom stereocenters. The van der Waals surface area contributed by atoms with Gasteiger partial charge in [0.15, 0.2) is 0 Å². The predicted molar refractivity (Wildman–Crippen MR) is 72.4 cm³/mol. The second-order valence-corrected chi connectivity index (χ2v) is 5.46. The smallest absolute Gasteiger partial charge is 0.335 e. The Morgan fingerprint density at radius 2 is 1.79 bits per heavy atom. The Morgan fingerprint density at radius 1 is 1.21 bits per heavy atom. The zero-order chi connectivity index (χ0) is 14.0. The van der Waals surface area contributed by atoms with Crippen LogP contribution in [0.25, 0.3) is 0 Å². The Bertz CT molecular complexity index is 490. The molecule has 1 saturated carbocycles. The highest BCUT2D eigenvalue weighted by Crippen LogP contribution is 2.39. The molecule has 0 spiro atoms. The molecule has 102 valence electrons. The maximum atomic E-state index is 11.8. The van der Waals surface area contributed by atoms with E-state index in [0.29, 0.717) is 11.6 Å². The molecule has 19 heavy (non-hydrogen) atoms. The number of carbonyl (C=O) groups is 2. The Morgan fingerprint density at radius 3 is 2.26 bits per heavy atom. The molecular formula is C14H18N2O3. The van der Waals surface area contributed by atoms with Gasteiger partial charge in [-0.05, 0) is 56.9 Å². The summed E-state index contributed by atoms with van der Waals surface area (Å²) >= 11 is 0. The van der Waals surface area contributed by atoms with E-state index in [-0.39, 0.29) is 17.1 Å². The summed E-state index contributed by atoms with van der Waals surface area (Å²) in [6, 6.07) is 5.81. The van der Waals surface area contributed by atoms with E-state index in [2.05, 4.69) is 10.6 Å². The van der Waals surface area contributed by atoms with Crippen molar-refractivity contribution in [1.29, 1.82) is 0 Å². The molecule has 0 aliphatic heterocycles. The van der Waals surface area contributed by atoms with Crippen LogP contribution in [0.2, 0.25) is 0 Å². The SMILES string of the molecule is CC(C)(NC(=O)Nc1ccc(C(=O)O)cc1)C1CC1. The lowest BCUT2D eigenvalue weighted by atomic mass is 9.99. The molecule has 3 N–H and O–H groups in total. The highest BCUT2D eigenvalue weighted by Gasteiger charge is 2.38. The van der Waals surface area contributed by atoms with Crippen LogP contribution in [0.3, 0.4) is 0 Å². The van der Waals surface area contributed by atoms with Crippen molar-refractivity contribution in [2.75, 3.05) is 5.32 Å². The first-order chi connectivity index (χ1) is 8.88. The Hall–Kier alpha value is -2.04. The van der Waals surface area contributed by atoms with Gasteiger partial charge < -0.3 is 15.7 Å². The zero-order valence-corrected chi connectivity index (χ0v) is 11.1. The van der Waals surface area contributed by atoms with Gasteiger partial charge in [0.2, 0.25) is 0 Å². The standard InChI is InChI=1S/C14H18N2O3/c1-14(2,10-5-6-10)16-13(19)15-11-7-3-9(4-8-11)12(17)18/h3-4,7-8,10H,5-6H2,1-2H3,(H,17,18)(H2,15,16,19). The number of rotatable bonds is 4. The highest BCUT2D eigenvalue weighted by molar-refractivity contribution is 5.91. The lowest BCUT2D eigenvalue weighted by molar-refractivity contribution is 0.0697. The lowest BCUT2D eigenvalue weighted by Crippen LogP contribution is -2.47. The monoisotopic (exact) mass is 262 g/mol. The summed E-state index contributed by atoms with van der Waals surface area (Å²) in [5.74, 6) is -0.432. The van der Waals surface area contributed by atoms with Gasteiger partial charge in [-0.2, -0.15) is 0 Å². The number of carboxylic acid groups (broad SMARTS) is 1. The van der Waals surface area contributed by atoms with Gasteiger partial charge >= 0.3 is 12.0 Å². The summed E-state index contributed by atoms with van der Waals surface area (Å²) in [6.45, 7) is 4.02. The van der Waals surface area contributed by atoms with Gasteiger partial charge in [-0.1, -0.05) is 0 Å². The fourth-order valence-electron chi connectivity index (χ4n) is 2.06. The topological polar surface area (TPSA) is 78.4 Å². The minimum Gasteiger partial charge on any atom is -0.478 e. The molecule has 0 unspecified atom stereocenters. The van der Waals surface area contributed by atoms with Gasteiger partial charge in [0.1, 0.15) is 0 Å². The summed E-state index contributed by atoms with van der Waals surface area (Å²) in [5.41, 5.74) is 0.573. The van der Waals surface area contributed by atoms with E-state index in [4.69, 9.17) is 5.11 Å². The Balaban J connectivity index is 1.93. The van der Waals surface area contributed by atoms with Gasteiger partial charge in [0.05, 0.1) is 5.56 Å². The number of hydrogen-bond donors (Lipinski definition) is 3. The van der Waals surface area contributed by atoms with Crippen molar-refractivity contribution in [3.05, 3.63) is 29.8 Å². The molecule has 1 fully saturated rings. The summed E-state index contributed by atoms with van der Waals surface area (Å²) < 4.78 is 0. The van der Waals surface area contributed by atoms with E-state index in [0.717, 1.165) is 12.8 Å². The fraction of sp³-hybridized carbons (Fsp3) is 0.429. The Labute approximate surface area is 112 Å². The first-order valence-electron chi connectivity index (χ1n) is 6.31. The number of anilines is 1. The van der Waals surface area contributed by atoms with Crippen molar-refractivity contribution in [3.8, 4) is 0 Å². The number of amides is 2. The van der Waals surface area contributed by atoms with Crippen LogP contribution in [0.5, 0.6) is 0 Å². The predicted octanol–water partition coefficient (Wildman–Crippen LogP) is 2.69. The summed E-state index contributed by atoms with van der Waals surface area (Å²) in [7, 11) is 0. The summed E-state index contributed by atoms with van der Waals surface area (Å²) in [4.78, 5) is 22.5. The van der Waals surface area contributed by atoms with E-state index >= 15 is 0 Å². The van der Waals surface area contributed by atoms with Crippen LogP contribution in [0.1, 0.15) is 37.0 Å². The van der Waals surface area contributed by atoms with Crippen molar-refractivity contribution < 1.29 is 14.7 Å². The van der Waals surface area contributed by atoms with Crippen molar-refractivity contribution in [2.24, 2.45) is 5.92 Å². The molecule has 5 heteroatoms. The van der Waals surface area contributed by atoms with Crippen LogP contribution < -0.4 is 10.6 Å². The number of nitrogens with one attached hydrogen (secondary N) is 2. The van der Waals surface area contributed by atoms with Crippen molar-refractivity contribution in [2.45, 2.75) is 32.2 Å². The molecule has 0 saturated heterocycles. The van der Waals surface area contributed by atoms with Crippen molar-refractivity contribution >= 4 is 17.7 Å². The third-order valence-corrected chi connectivity index (χ3v) is 3.42. The van der Waals surface area contributed by atoms with Crippen molar-refractivity contribution in [3.63, 3.8) is 0 Å². The second kappa shape index (κ2) is 4.91. The number of carbonyl (C=O) groups excluding carboxylic acids is 1. The number of aromatic carboxylic acids is 1. The van der Waals surface area contributed by atoms with E-state index in [1.165, 1.54) is 12.1 Å². The van der Waals surface area contributed by atoms with Crippen LogP contribution in [-0.2, 0) is 0 Å². The van der Waals surface area contributed by atoms with Gasteiger partial charge in [0.25, 0.3) is 0 Å². The largest absolute Gasteiger partial charge is 0.478 e. The van der Waals surface area contributed by atoms with Gasteiger partial charge in [-0.25, -0.2) is 9.59 Å². The number of carboxylic acids is 1. The molecule has 0 bridgehead atoms. The van der Waals surface area contributed by atoms with E-state index in [1.807, 2.05) is 13.8 Å². The maximum absolute atomic E-state index is 11.8. The molecule has 2 amide bonds. The molecule has 1 aromatic carbocycles. The molecule has 1 aliphatic rings. The van der Waals surface area contributed by atoms with Gasteiger partial charge in [0, 0.05) is 11.2 Å². The minimum atomic E-state index is -0.981. The normalized spacial score (nSPS) is 14.8. The van der Waals surface area contributed by atoms with Crippen LogP contribution in [0, 0.1) is 5.92 Å². The summed E-state index contributed by atoms with van der Waals surface area (Å²) in [5, 5.41) is 14.4.